The summed E-state index contributed by atoms with van der Waals surface area (Å²) in [5.41, 5.74) is -1.65. The van der Waals surface area contributed by atoms with Crippen LogP contribution in [0.3, 0.4) is 0 Å². The summed E-state index contributed by atoms with van der Waals surface area (Å²) in [5.74, 6) is 0.375. The molecule has 0 spiro atoms. The van der Waals surface area contributed by atoms with Crippen LogP contribution in [0.4, 0.5) is 4.79 Å². The molecule has 0 radical (unpaired) electrons. The molecule has 0 aliphatic carbocycles. The number of rotatable bonds is 2. The van der Waals surface area contributed by atoms with Crippen LogP contribution in [0, 0.1) is 17.2 Å². The molecule has 1 rings (SSSR count). The molecule has 0 aromatic heterocycles. The van der Waals surface area contributed by atoms with Crippen molar-refractivity contribution in [1.82, 2.24) is 5.32 Å². The first kappa shape index (κ1) is 10.8. The third kappa shape index (κ3) is 1.54. The monoisotopic (exact) mass is 196 g/mol. The zero-order valence-corrected chi connectivity index (χ0v) is 9.05. The van der Waals surface area contributed by atoms with Gasteiger partial charge in [-0.15, -0.1) is 0 Å². The van der Waals surface area contributed by atoms with Crippen molar-refractivity contribution in [2.24, 2.45) is 5.92 Å². The van der Waals surface area contributed by atoms with Gasteiger partial charge >= 0.3 is 6.09 Å². The molecular formula is C10H16N2O2. The van der Waals surface area contributed by atoms with Crippen LogP contribution in [0.5, 0.6) is 0 Å². The lowest BCUT2D eigenvalue weighted by atomic mass is 9.79. The van der Waals surface area contributed by atoms with Gasteiger partial charge in [-0.25, -0.2) is 4.79 Å². The van der Waals surface area contributed by atoms with Gasteiger partial charge in [0.2, 0.25) is 0 Å². The fraction of sp³-hybridized carbons (Fsp3) is 0.800. The van der Waals surface area contributed by atoms with E-state index in [0.717, 1.165) is 0 Å². The van der Waals surface area contributed by atoms with E-state index in [0.29, 0.717) is 12.3 Å². The lowest BCUT2D eigenvalue weighted by molar-refractivity contribution is 0.0209. The molecule has 2 unspecified atom stereocenters. The SMILES string of the molecule is CC(C)CC1(C)OC(=O)NC1(C)C#N. The van der Waals surface area contributed by atoms with Crippen molar-refractivity contribution in [3.63, 3.8) is 0 Å². The summed E-state index contributed by atoms with van der Waals surface area (Å²) in [4.78, 5) is 11.1. The Bertz CT molecular complexity index is 295. The molecule has 1 aliphatic heterocycles. The number of hydrogen-bond acceptors (Lipinski definition) is 3. The first-order valence-corrected chi connectivity index (χ1v) is 4.75. The third-order valence-corrected chi connectivity index (χ3v) is 2.75. The minimum absolute atomic E-state index is 0.375. The standard InChI is InChI=1S/C10H16N2O2/c1-7(2)5-10(4)9(3,6-11)12-8(13)14-10/h7H,5H2,1-4H3,(H,12,13). The fourth-order valence-electron chi connectivity index (χ4n) is 1.84. The molecule has 14 heavy (non-hydrogen) atoms. The number of alkyl carbamates (subject to hydrolysis) is 1. The zero-order chi connectivity index (χ0) is 11.0. The highest BCUT2D eigenvalue weighted by Gasteiger charge is 2.55. The summed E-state index contributed by atoms with van der Waals surface area (Å²) in [5, 5.41) is 11.6. The minimum Gasteiger partial charge on any atom is -0.440 e. The predicted molar refractivity (Wildman–Crippen MR) is 51.5 cm³/mol. The molecule has 1 heterocycles. The van der Waals surface area contributed by atoms with Crippen LogP contribution >= 0.6 is 0 Å². The summed E-state index contributed by atoms with van der Waals surface area (Å²) in [7, 11) is 0. The van der Waals surface area contributed by atoms with Gasteiger partial charge in [0.25, 0.3) is 0 Å². The number of hydrogen-bond donors (Lipinski definition) is 1. The number of carbonyl (C=O) groups is 1. The average Bonchev–Trinajstić information content (AvgIpc) is 2.21. The largest absolute Gasteiger partial charge is 0.440 e. The maximum atomic E-state index is 11.1. The molecular weight excluding hydrogens is 180 g/mol. The number of nitriles is 1. The number of carbonyl (C=O) groups excluding carboxylic acids is 1. The average molecular weight is 196 g/mol. The molecule has 4 heteroatoms. The molecule has 2 atom stereocenters. The smallest absolute Gasteiger partial charge is 0.409 e. The lowest BCUT2D eigenvalue weighted by Gasteiger charge is -2.33. The van der Waals surface area contributed by atoms with E-state index < -0.39 is 17.2 Å². The predicted octanol–water partition coefficient (Wildman–Crippen LogP) is 1.81. The molecule has 0 aromatic carbocycles. The third-order valence-electron chi connectivity index (χ3n) is 2.75. The molecule has 0 aromatic rings. The Labute approximate surface area is 84.2 Å². The van der Waals surface area contributed by atoms with E-state index in [4.69, 9.17) is 10.00 Å². The van der Waals surface area contributed by atoms with E-state index >= 15 is 0 Å². The van der Waals surface area contributed by atoms with E-state index in [1.807, 2.05) is 13.8 Å². The quantitative estimate of drug-likeness (QED) is 0.732. The second kappa shape index (κ2) is 3.16. The van der Waals surface area contributed by atoms with Crippen LogP contribution in [0.15, 0.2) is 0 Å². The minimum atomic E-state index is -0.922. The van der Waals surface area contributed by atoms with E-state index in [2.05, 4.69) is 11.4 Å². The van der Waals surface area contributed by atoms with E-state index in [1.54, 1.807) is 13.8 Å². The Balaban J connectivity index is 2.96. The highest BCUT2D eigenvalue weighted by Crippen LogP contribution is 2.36. The first-order chi connectivity index (χ1) is 6.33. The molecule has 1 aliphatic rings. The Morgan fingerprint density at radius 1 is 1.57 bits per heavy atom. The topological polar surface area (TPSA) is 62.1 Å². The lowest BCUT2D eigenvalue weighted by Crippen LogP contribution is -2.52. The number of ether oxygens (including phenoxy) is 1. The Kier molecular flexibility index (Phi) is 2.45. The van der Waals surface area contributed by atoms with Gasteiger partial charge in [-0.2, -0.15) is 5.26 Å². The van der Waals surface area contributed by atoms with Gasteiger partial charge in [0.1, 0.15) is 5.60 Å². The fourth-order valence-corrected chi connectivity index (χ4v) is 1.84. The Morgan fingerprint density at radius 2 is 2.14 bits per heavy atom. The molecule has 0 bridgehead atoms. The van der Waals surface area contributed by atoms with Gasteiger partial charge in [-0.05, 0) is 26.2 Å². The Hall–Kier alpha value is -1.24. The van der Waals surface area contributed by atoms with Crippen LogP contribution in [-0.2, 0) is 4.74 Å². The van der Waals surface area contributed by atoms with Crippen LogP contribution in [0.1, 0.15) is 34.1 Å². The van der Waals surface area contributed by atoms with Gasteiger partial charge < -0.3 is 4.74 Å². The van der Waals surface area contributed by atoms with Crippen molar-refractivity contribution in [1.29, 1.82) is 5.26 Å². The van der Waals surface area contributed by atoms with Gasteiger partial charge in [0, 0.05) is 0 Å². The van der Waals surface area contributed by atoms with Gasteiger partial charge in [0.15, 0.2) is 5.54 Å². The Morgan fingerprint density at radius 3 is 2.57 bits per heavy atom. The van der Waals surface area contributed by atoms with Crippen LogP contribution in [0.25, 0.3) is 0 Å². The van der Waals surface area contributed by atoms with Crippen LogP contribution < -0.4 is 5.32 Å². The normalized spacial score (nSPS) is 36.4. The summed E-state index contributed by atoms with van der Waals surface area (Å²) in [6, 6.07) is 2.11. The summed E-state index contributed by atoms with van der Waals surface area (Å²) in [6.07, 6.45) is 0.174. The number of nitrogens with zero attached hydrogens (tertiary/aromatic N) is 1. The van der Waals surface area contributed by atoms with Crippen LogP contribution in [-0.4, -0.2) is 17.2 Å². The summed E-state index contributed by atoms with van der Waals surface area (Å²) in [6.45, 7) is 7.57. The second-order valence-electron chi connectivity index (χ2n) is 4.58. The van der Waals surface area contributed by atoms with Crippen molar-refractivity contribution in [3.05, 3.63) is 0 Å². The van der Waals surface area contributed by atoms with E-state index in [1.165, 1.54) is 0 Å². The van der Waals surface area contributed by atoms with Crippen molar-refractivity contribution in [2.75, 3.05) is 0 Å². The number of cyclic esters (lactones) is 1. The first-order valence-electron chi connectivity index (χ1n) is 4.75. The summed E-state index contributed by atoms with van der Waals surface area (Å²) >= 11 is 0. The zero-order valence-electron chi connectivity index (χ0n) is 9.05. The second-order valence-corrected chi connectivity index (χ2v) is 4.58. The molecule has 1 N–H and O–H groups in total. The molecule has 0 saturated carbocycles. The highest BCUT2D eigenvalue weighted by molar-refractivity contribution is 5.73. The number of nitrogens with one attached hydrogen (secondary N) is 1. The van der Waals surface area contributed by atoms with Crippen molar-refractivity contribution in [3.8, 4) is 6.07 Å². The molecule has 1 amide bonds. The van der Waals surface area contributed by atoms with Gasteiger partial charge in [-0.1, -0.05) is 13.8 Å². The summed E-state index contributed by atoms with van der Waals surface area (Å²) < 4.78 is 5.19. The maximum Gasteiger partial charge on any atom is 0.409 e. The van der Waals surface area contributed by atoms with Gasteiger partial charge in [-0.3, -0.25) is 5.32 Å². The van der Waals surface area contributed by atoms with Crippen molar-refractivity contribution >= 4 is 6.09 Å². The van der Waals surface area contributed by atoms with Crippen molar-refractivity contribution in [2.45, 2.75) is 45.3 Å². The number of amides is 1. The maximum absolute atomic E-state index is 11.1. The highest BCUT2D eigenvalue weighted by atomic mass is 16.6. The molecule has 1 fully saturated rings. The van der Waals surface area contributed by atoms with E-state index in [9.17, 15) is 4.79 Å². The molecule has 78 valence electrons. The van der Waals surface area contributed by atoms with Gasteiger partial charge in [0.05, 0.1) is 6.07 Å². The van der Waals surface area contributed by atoms with Crippen LogP contribution in [0.2, 0.25) is 0 Å². The van der Waals surface area contributed by atoms with E-state index in [-0.39, 0.29) is 0 Å². The molecule has 4 nitrogen and oxygen atoms in total. The van der Waals surface area contributed by atoms with Crippen molar-refractivity contribution < 1.29 is 9.53 Å². The molecule has 1 saturated heterocycles.